The summed E-state index contributed by atoms with van der Waals surface area (Å²) >= 11 is 0. The number of anilines is 1. The highest BCUT2D eigenvalue weighted by molar-refractivity contribution is 5.94. The maximum Gasteiger partial charge on any atom is 0.228 e. The second-order valence-electron chi connectivity index (χ2n) is 2.88. The molecule has 74 valence electrons. The van der Waals surface area contributed by atoms with Gasteiger partial charge < -0.3 is 0 Å². The van der Waals surface area contributed by atoms with Crippen LogP contribution in [-0.2, 0) is 4.79 Å². The SMILES string of the molecule is C#Cc1ccccc1N(C=C=C)C(C)=O. The van der Waals surface area contributed by atoms with E-state index in [-0.39, 0.29) is 5.91 Å². The van der Waals surface area contributed by atoms with Crippen molar-refractivity contribution < 1.29 is 4.79 Å². The maximum atomic E-state index is 11.4. The molecule has 0 N–H and O–H groups in total. The van der Waals surface area contributed by atoms with Crippen LogP contribution in [0.2, 0.25) is 0 Å². The summed E-state index contributed by atoms with van der Waals surface area (Å²) in [7, 11) is 0. The number of rotatable bonds is 2. The van der Waals surface area contributed by atoms with Crippen molar-refractivity contribution in [2.24, 2.45) is 0 Å². The molecule has 0 aliphatic carbocycles. The molecule has 15 heavy (non-hydrogen) atoms. The van der Waals surface area contributed by atoms with Crippen molar-refractivity contribution in [2.45, 2.75) is 6.92 Å². The summed E-state index contributed by atoms with van der Waals surface area (Å²) in [6.07, 6.45) is 6.82. The van der Waals surface area contributed by atoms with E-state index in [1.165, 1.54) is 18.0 Å². The van der Waals surface area contributed by atoms with Crippen molar-refractivity contribution in [1.29, 1.82) is 0 Å². The fourth-order valence-electron chi connectivity index (χ4n) is 1.23. The van der Waals surface area contributed by atoms with Gasteiger partial charge in [-0.1, -0.05) is 24.6 Å². The maximum absolute atomic E-state index is 11.4. The van der Waals surface area contributed by atoms with Crippen molar-refractivity contribution in [3.63, 3.8) is 0 Å². The number of para-hydroxylation sites is 1. The van der Waals surface area contributed by atoms with E-state index in [1.54, 1.807) is 12.1 Å². The van der Waals surface area contributed by atoms with Crippen LogP contribution < -0.4 is 4.90 Å². The van der Waals surface area contributed by atoms with Gasteiger partial charge in [0.15, 0.2) is 0 Å². The van der Waals surface area contributed by atoms with Crippen molar-refractivity contribution in [3.8, 4) is 12.3 Å². The van der Waals surface area contributed by atoms with Crippen LogP contribution in [0.4, 0.5) is 5.69 Å². The van der Waals surface area contributed by atoms with E-state index in [9.17, 15) is 4.79 Å². The molecule has 1 aromatic carbocycles. The van der Waals surface area contributed by atoms with Crippen molar-refractivity contribution >= 4 is 11.6 Å². The highest BCUT2D eigenvalue weighted by Crippen LogP contribution is 2.19. The van der Waals surface area contributed by atoms with E-state index >= 15 is 0 Å². The first-order valence-corrected chi connectivity index (χ1v) is 4.42. The number of hydrogen-bond acceptors (Lipinski definition) is 1. The van der Waals surface area contributed by atoms with Gasteiger partial charge in [0.25, 0.3) is 0 Å². The van der Waals surface area contributed by atoms with Crippen molar-refractivity contribution in [1.82, 2.24) is 0 Å². The number of carbonyl (C=O) groups is 1. The van der Waals surface area contributed by atoms with Gasteiger partial charge in [-0.2, -0.15) is 0 Å². The number of nitrogens with zero attached hydrogens (tertiary/aromatic N) is 1. The van der Waals surface area contributed by atoms with Gasteiger partial charge in [0.2, 0.25) is 5.91 Å². The van der Waals surface area contributed by atoms with Crippen LogP contribution in [0.5, 0.6) is 0 Å². The lowest BCUT2D eigenvalue weighted by Gasteiger charge is -2.16. The Balaban J connectivity index is 3.29. The first-order valence-electron chi connectivity index (χ1n) is 4.42. The fraction of sp³-hybridized carbons (Fsp3) is 0.0769. The van der Waals surface area contributed by atoms with Gasteiger partial charge in [0.1, 0.15) is 0 Å². The minimum absolute atomic E-state index is 0.131. The van der Waals surface area contributed by atoms with Crippen LogP contribution in [0.25, 0.3) is 0 Å². The molecule has 2 heteroatoms. The van der Waals surface area contributed by atoms with E-state index in [4.69, 9.17) is 6.42 Å². The number of carbonyl (C=O) groups excluding carboxylic acids is 1. The molecule has 0 bridgehead atoms. The topological polar surface area (TPSA) is 20.3 Å². The first-order chi connectivity index (χ1) is 7.20. The highest BCUT2D eigenvalue weighted by Gasteiger charge is 2.10. The molecule has 0 radical (unpaired) electrons. The average Bonchev–Trinajstić information content (AvgIpc) is 2.25. The molecule has 0 saturated carbocycles. The molecule has 0 aliphatic heterocycles. The predicted molar refractivity (Wildman–Crippen MR) is 61.2 cm³/mol. The lowest BCUT2D eigenvalue weighted by atomic mass is 10.1. The van der Waals surface area contributed by atoms with Gasteiger partial charge in [-0.25, -0.2) is 0 Å². The van der Waals surface area contributed by atoms with Crippen LogP contribution in [0, 0.1) is 12.3 Å². The molecule has 0 unspecified atom stereocenters. The Kier molecular flexibility index (Phi) is 3.51. The van der Waals surface area contributed by atoms with Gasteiger partial charge in [0, 0.05) is 12.5 Å². The molecule has 1 aromatic rings. The zero-order chi connectivity index (χ0) is 11.3. The van der Waals surface area contributed by atoms with E-state index in [0.29, 0.717) is 11.3 Å². The van der Waals surface area contributed by atoms with Crippen LogP contribution in [0.15, 0.2) is 42.8 Å². The Bertz CT molecular complexity index is 460. The summed E-state index contributed by atoms with van der Waals surface area (Å²) in [5.74, 6) is 2.40. The van der Waals surface area contributed by atoms with Crippen LogP contribution in [-0.4, -0.2) is 5.91 Å². The molecule has 1 rings (SSSR count). The fourth-order valence-corrected chi connectivity index (χ4v) is 1.23. The van der Waals surface area contributed by atoms with E-state index in [1.807, 2.05) is 12.1 Å². The molecular weight excluding hydrogens is 186 g/mol. The van der Waals surface area contributed by atoms with Gasteiger partial charge in [-0.3, -0.25) is 9.69 Å². The largest absolute Gasteiger partial charge is 0.280 e. The Hall–Kier alpha value is -2.23. The second-order valence-corrected chi connectivity index (χ2v) is 2.88. The quantitative estimate of drug-likeness (QED) is 0.526. The number of amides is 1. The first kappa shape index (κ1) is 10.8. The van der Waals surface area contributed by atoms with Gasteiger partial charge in [-0.05, 0) is 12.1 Å². The Morgan fingerprint density at radius 3 is 2.73 bits per heavy atom. The van der Waals surface area contributed by atoms with E-state index in [0.717, 1.165) is 0 Å². The normalized spacial score (nSPS) is 8.53. The molecule has 0 spiro atoms. The average molecular weight is 197 g/mol. The van der Waals surface area contributed by atoms with Crippen LogP contribution in [0.1, 0.15) is 12.5 Å². The second kappa shape index (κ2) is 4.85. The number of benzene rings is 1. The van der Waals surface area contributed by atoms with E-state index < -0.39 is 0 Å². The molecule has 0 heterocycles. The smallest absolute Gasteiger partial charge is 0.228 e. The molecule has 0 aliphatic rings. The molecular formula is C13H11NO. The van der Waals surface area contributed by atoms with Crippen LogP contribution >= 0.6 is 0 Å². The summed E-state index contributed by atoms with van der Waals surface area (Å²) in [6, 6.07) is 7.21. The summed E-state index contributed by atoms with van der Waals surface area (Å²) in [6.45, 7) is 4.90. The highest BCUT2D eigenvalue weighted by atomic mass is 16.2. The number of hydrogen-bond donors (Lipinski definition) is 0. The van der Waals surface area contributed by atoms with E-state index in [2.05, 4.69) is 18.2 Å². The summed E-state index contributed by atoms with van der Waals surface area (Å²) in [5.41, 5.74) is 3.90. The minimum Gasteiger partial charge on any atom is -0.280 e. The zero-order valence-corrected chi connectivity index (χ0v) is 8.53. The van der Waals surface area contributed by atoms with Gasteiger partial charge in [-0.15, -0.1) is 12.2 Å². The molecule has 0 saturated heterocycles. The summed E-state index contributed by atoms with van der Waals surface area (Å²) in [5, 5.41) is 0. The Morgan fingerprint density at radius 2 is 2.20 bits per heavy atom. The third-order valence-electron chi connectivity index (χ3n) is 1.88. The molecule has 0 aromatic heterocycles. The van der Waals surface area contributed by atoms with Crippen molar-refractivity contribution in [3.05, 3.63) is 48.3 Å². The zero-order valence-electron chi connectivity index (χ0n) is 8.53. The molecule has 0 fully saturated rings. The Morgan fingerprint density at radius 1 is 1.53 bits per heavy atom. The summed E-state index contributed by atoms with van der Waals surface area (Å²) < 4.78 is 0. The van der Waals surface area contributed by atoms with Gasteiger partial charge in [0.05, 0.1) is 11.9 Å². The number of terminal acetylenes is 1. The standard InChI is InChI=1S/C13H11NO/c1-4-10-14(11(3)15)13-9-7-6-8-12(13)5-2/h2,6-10H,1H2,3H3. The lowest BCUT2D eigenvalue weighted by Crippen LogP contribution is -2.22. The Labute approximate surface area is 89.5 Å². The van der Waals surface area contributed by atoms with Crippen LogP contribution in [0.3, 0.4) is 0 Å². The monoisotopic (exact) mass is 197 g/mol. The summed E-state index contributed by atoms with van der Waals surface area (Å²) in [4.78, 5) is 12.8. The molecule has 0 atom stereocenters. The molecule has 1 amide bonds. The third kappa shape index (κ3) is 2.37. The molecule has 2 nitrogen and oxygen atoms in total. The minimum atomic E-state index is -0.131. The predicted octanol–water partition coefficient (Wildman–Crippen LogP) is 2.32. The third-order valence-corrected chi connectivity index (χ3v) is 1.88. The van der Waals surface area contributed by atoms with Gasteiger partial charge >= 0.3 is 0 Å². The van der Waals surface area contributed by atoms with Crippen molar-refractivity contribution in [2.75, 3.05) is 4.90 Å². The lowest BCUT2D eigenvalue weighted by molar-refractivity contribution is -0.116.